The largest absolute Gasteiger partial charge is 0.294 e. The SMILES string of the molecule is CC(=O)c1cc(Cl)ccc1-c1ccc([N+](=O)[O-])cc1. The lowest BCUT2D eigenvalue weighted by Crippen LogP contribution is -1.96. The van der Waals surface area contributed by atoms with Gasteiger partial charge in [-0.05, 0) is 42.3 Å². The second-order valence-electron chi connectivity index (χ2n) is 4.05. The van der Waals surface area contributed by atoms with Crippen LogP contribution >= 0.6 is 11.6 Å². The molecule has 2 aromatic rings. The molecule has 0 fully saturated rings. The molecular weight excluding hydrogens is 266 g/mol. The van der Waals surface area contributed by atoms with Gasteiger partial charge in [-0.2, -0.15) is 0 Å². The first-order valence-corrected chi connectivity index (χ1v) is 5.92. The Morgan fingerprint density at radius 3 is 2.32 bits per heavy atom. The van der Waals surface area contributed by atoms with E-state index in [1.807, 2.05) is 0 Å². The van der Waals surface area contributed by atoms with Crippen molar-refractivity contribution in [1.29, 1.82) is 0 Å². The summed E-state index contributed by atoms with van der Waals surface area (Å²) in [5, 5.41) is 11.1. The Morgan fingerprint density at radius 1 is 1.16 bits per heavy atom. The quantitative estimate of drug-likeness (QED) is 0.481. The van der Waals surface area contributed by atoms with E-state index in [1.165, 1.54) is 19.1 Å². The van der Waals surface area contributed by atoms with Gasteiger partial charge < -0.3 is 0 Å². The Kier molecular flexibility index (Phi) is 3.62. The van der Waals surface area contributed by atoms with Crippen molar-refractivity contribution in [2.45, 2.75) is 6.92 Å². The molecule has 0 aliphatic rings. The van der Waals surface area contributed by atoms with E-state index in [-0.39, 0.29) is 11.5 Å². The fraction of sp³-hybridized carbons (Fsp3) is 0.0714. The van der Waals surface area contributed by atoms with Gasteiger partial charge in [-0.1, -0.05) is 17.7 Å². The zero-order valence-electron chi connectivity index (χ0n) is 10.1. The van der Waals surface area contributed by atoms with E-state index in [1.54, 1.807) is 30.3 Å². The third-order valence-electron chi connectivity index (χ3n) is 2.75. The van der Waals surface area contributed by atoms with Gasteiger partial charge in [0, 0.05) is 22.7 Å². The predicted molar refractivity (Wildman–Crippen MR) is 73.5 cm³/mol. The van der Waals surface area contributed by atoms with Crippen molar-refractivity contribution < 1.29 is 9.72 Å². The van der Waals surface area contributed by atoms with Gasteiger partial charge in [0.25, 0.3) is 5.69 Å². The van der Waals surface area contributed by atoms with Crippen LogP contribution in [-0.4, -0.2) is 10.7 Å². The number of nitro benzene ring substituents is 1. The normalized spacial score (nSPS) is 10.2. The van der Waals surface area contributed by atoms with Crippen LogP contribution in [0, 0.1) is 10.1 Å². The molecule has 2 aromatic carbocycles. The highest BCUT2D eigenvalue weighted by molar-refractivity contribution is 6.31. The minimum absolute atomic E-state index is 0.0158. The molecule has 4 nitrogen and oxygen atoms in total. The Bertz CT molecular complexity index is 650. The lowest BCUT2D eigenvalue weighted by atomic mass is 9.97. The summed E-state index contributed by atoms with van der Waals surface area (Å²) in [5.74, 6) is -0.101. The van der Waals surface area contributed by atoms with Crippen molar-refractivity contribution in [3.8, 4) is 11.1 Å². The zero-order chi connectivity index (χ0) is 14.0. The minimum Gasteiger partial charge on any atom is -0.294 e. The van der Waals surface area contributed by atoms with Gasteiger partial charge >= 0.3 is 0 Å². The van der Waals surface area contributed by atoms with Crippen LogP contribution in [-0.2, 0) is 0 Å². The molecule has 0 spiro atoms. The molecule has 0 aliphatic carbocycles. The van der Waals surface area contributed by atoms with Crippen LogP contribution in [0.5, 0.6) is 0 Å². The number of benzene rings is 2. The van der Waals surface area contributed by atoms with Crippen LogP contribution in [0.1, 0.15) is 17.3 Å². The minimum atomic E-state index is -0.461. The molecule has 0 heterocycles. The van der Waals surface area contributed by atoms with Crippen molar-refractivity contribution in [2.75, 3.05) is 0 Å². The fourth-order valence-corrected chi connectivity index (χ4v) is 1.99. The topological polar surface area (TPSA) is 60.2 Å². The van der Waals surface area contributed by atoms with Gasteiger partial charge in [0.2, 0.25) is 0 Å². The Balaban J connectivity index is 2.52. The summed E-state index contributed by atoms with van der Waals surface area (Å²) in [6.45, 7) is 1.46. The van der Waals surface area contributed by atoms with Crippen molar-refractivity contribution >= 4 is 23.1 Å². The average molecular weight is 276 g/mol. The second-order valence-corrected chi connectivity index (χ2v) is 4.49. The van der Waals surface area contributed by atoms with Crippen LogP contribution in [0.2, 0.25) is 5.02 Å². The molecule has 96 valence electrons. The molecule has 0 amide bonds. The number of ketones is 1. The number of carbonyl (C=O) groups is 1. The van der Waals surface area contributed by atoms with Crippen LogP contribution < -0.4 is 0 Å². The van der Waals surface area contributed by atoms with Gasteiger partial charge in [0.05, 0.1) is 4.92 Å². The number of hydrogen-bond donors (Lipinski definition) is 0. The highest BCUT2D eigenvalue weighted by Gasteiger charge is 2.11. The van der Waals surface area contributed by atoms with Gasteiger partial charge in [-0.25, -0.2) is 0 Å². The van der Waals surface area contributed by atoms with E-state index in [0.29, 0.717) is 16.1 Å². The van der Waals surface area contributed by atoms with Gasteiger partial charge in [-0.15, -0.1) is 0 Å². The summed E-state index contributed by atoms with van der Waals surface area (Å²) >= 11 is 5.87. The van der Waals surface area contributed by atoms with Crippen molar-refractivity contribution in [3.63, 3.8) is 0 Å². The third-order valence-corrected chi connectivity index (χ3v) is 2.99. The average Bonchev–Trinajstić information content (AvgIpc) is 2.38. The van der Waals surface area contributed by atoms with Gasteiger partial charge in [-0.3, -0.25) is 14.9 Å². The molecule has 0 atom stereocenters. The highest BCUT2D eigenvalue weighted by Crippen LogP contribution is 2.28. The van der Waals surface area contributed by atoms with E-state index in [4.69, 9.17) is 11.6 Å². The lowest BCUT2D eigenvalue weighted by molar-refractivity contribution is -0.384. The summed E-state index contributed by atoms with van der Waals surface area (Å²) in [7, 11) is 0. The zero-order valence-corrected chi connectivity index (χ0v) is 10.8. The Labute approximate surface area is 114 Å². The molecule has 2 rings (SSSR count). The number of halogens is 1. The first-order valence-electron chi connectivity index (χ1n) is 5.54. The maximum Gasteiger partial charge on any atom is 0.269 e. The highest BCUT2D eigenvalue weighted by atomic mass is 35.5. The van der Waals surface area contributed by atoms with E-state index in [9.17, 15) is 14.9 Å². The van der Waals surface area contributed by atoms with E-state index < -0.39 is 4.92 Å². The summed E-state index contributed by atoms with van der Waals surface area (Å²) in [6.07, 6.45) is 0. The van der Waals surface area contributed by atoms with Crippen molar-refractivity contribution in [2.24, 2.45) is 0 Å². The van der Waals surface area contributed by atoms with Crippen LogP contribution in [0.3, 0.4) is 0 Å². The Hall–Kier alpha value is -2.20. The lowest BCUT2D eigenvalue weighted by Gasteiger charge is -2.07. The molecule has 0 saturated heterocycles. The first kappa shape index (κ1) is 13.2. The van der Waals surface area contributed by atoms with Gasteiger partial charge in [0.15, 0.2) is 5.78 Å². The first-order chi connectivity index (χ1) is 8.99. The number of nitrogens with zero attached hydrogens (tertiary/aromatic N) is 1. The van der Waals surface area contributed by atoms with E-state index in [0.717, 1.165) is 5.56 Å². The molecule has 19 heavy (non-hydrogen) atoms. The van der Waals surface area contributed by atoms with Crippen molar-refractivity contribution in [3.05, 3.63) is 63.2 Å². The predicted octanol–water partition coefficient (Wildman–Crippen LogP) is 4.12. The summed E-state index contributed by atoms with van der Waals surface area (Å²) < 4.78 is 0. The number of rotatable bonds is 3. The number of carbonyl (C=O) groups excluding carboxylic acids is 1. The molecule has 0 radical (unpaired) electrons. The fourth-order valence-electron chi connectivity index (χ4n) is 1.82. The molecule has 0 aliphatic heterocycles. The smallest absolute Gasteiger partial charge is 0.269 e. The van der Waals surface area contributed by atoms with Crippen LogP contribution in [0.25, 0.3) is 11.1 Å². The summed E-state index contributed by atoms with van der Waals surface area (Å²) in [5.41, 5.74) is 1.97. The Morgan fingerprint density at radius 2 is 1.79 bits per heavy atom. The van der Waals surface area contributed by atoms with Crippen LogP contribution in [0.15, 0.2) is 42.5 Å². The molecule has 0 saturated carbocycles. The molecule has 0 N–H and O–H groups in total. The number of nitro groups is 1. The molecule has 5 heteroatoms. The number of non-ortho nitro benzene ring substituents is 1. The maximum atomic E-state index is 11.6. The number of Topliss-reactive ketones (excluding diaryl/α,β-unsaturated/α-hetero) is 1. The third kappa shape index (κ3) is 2.80. The summed E-state index contributed by atoms with van der Waals surface area (Å²) in [6, 6.07) is 11.1. The van der Waals surface area contributed by atoms with Crippen LogP contribution in [0.4, 0.5) is 5.69 Å². The monoisotopic (exact) mass is 275 g/mol. The molecule has 0 aromatic heterocycles. The maximum absolute atomic E-state index is 11.6. The molecule has 0 bridgehead atoms. The van der Waals surface area contributed by atoms with E-state index in [2.05, 4.69) is 0 Å². The van der Waals surface area contributed by atoms with Crippen molar-refractivity contribution in [1.82, 2.24) is 0 Å². The second kappa shape index (κ2) is 5.20. The standard InChI is InChI=1S/C14H10ClNO3/c1-9(17)14-8-11(15)4-7-13(14)10-2-5-12(6-3-10)16(18)19/h2-8H,1H3. The molecular formula is C14H10ClNO3. The molecule has 0 unspecified atom stereocenters. The number of hydrogen-bond acceptors (Lipinski definition) is 3. The van der Waals surface area contributed by atoms with E-state index >= 15 is 0 Å². The van der Waals surface area contributed by atoms with Gasteiger partial charge in [0.1, 0.15) is 0 Å². The summed E-state index contributed by atoms with van der Waals surface area (Å²) in [4.78, 5) is 21.7.